The molecule has 0 atom stereocenters. The Labute approximate surface area is 306 Å². The first-order valence-electron chi connectivity index (χ1n) is 15.6. The van der Waals surface area contributed by atoms with Gasteiger partial charge in [0, 0.05) is 33.2 Å². The van der Waals surface area contributed by atoms with Gasteiger partial charge in [-0.3, -0.25) is 0 Å². The molecule has 0 spiro atoms. The van der Waals surface area contributed by atoms with E-state index in [-0.39, 0.29) is 0 Å². The molecule has 2 heterocycles. The number of para-hydroxylation sites is 2. The lowest BCUT2D eigenvalue weighted by molar-refractivity contribution is -0.642. The van der Waals surface area contributed by atoms with Crippen molar-refractivity contribution in [3.05, 3.63) is 162 Å². The molecule has 2 nitrogen and oxygen atoms in total. The largest absolute Gasteiger partial charge is 0.262 e. The van der Waals surface area contributed by atoms with Gasteiger partial charge in [0.25, 0.3) is 10.0 Å². The van der Waals surface area contributed by atoms with Gasteiger partial charge < -0.3 is 0 Å². The maximum Gasteiger partial charge on any atom is 0.262 e. The number of hydrogen-bond donors (Lipinski definition) is 0. The summed E-state index contributed by atoms with van der Waals surface area (Å²) in [7, 11) is 4.25. The van der Waals surface area contributed by atoms with Crippen LogP contribution in [-0.2, 0) is 14.1 Å². The molecular formula is C42H32Br2N2S2+2. The zero-order valence-corrected chi connectivity index (χ0v) is 31.3. The van der Waals surface area contributed by atoms with Gasteiger partial charge in [-0.2, -0.15) is 9.13 Å². The van der Waals surface area contributed by atoms with Crippen molar-refractivity contribution in [1.29, 1.82) is 0 Å². The Morgan fingerprint density at radius 2 is 0.771 bits per heavy atom. The molecule has 0 bridgehead atoms. The van der Waals surface area contributed by atoms with E-state index in [0.29, 0.717) is 0 Å². The van der Waals surface area contributed by atoms with Crippen LogP contribution in [0.3, 0.4) is 0 Å². The van der Waals surface area contributed by atoms with Gasteiger partial charge in [0.15, 0.2) is 0 Å². The van der Waals surface area contributed by atoms with Crippen LogP contribution in [0.15, 0.2) is 118 Å². The molecule has 0 saturated carbocycles. The molecule has 0 unspecified atom stereocenters. The van der Waals surface area contributed by atoms with Crippen molar-refractivity contribution in [2.75, 3.05) is 0 Å². The molecule has 0 fully saturated rings. The number of rotatable bonds is 8. The Hall–Kier alpha value is -4.20. The lowest BCUT2D eigenvalue weighted by Crippen LogP contribution is -2.28. The van der Waals surface area contributed by atoms with E-state index in [1.165, 1.54) is 41.6 Å². The van der Waals surface area contributed by atoms with E-state index < -0.39 is 0 Å². The summed E-state index contributed by atoms with van der Waals surface area (Å²) in [6, 6.07) is 38.6. The van der Waals surface area contributed by atoms with Crippen LogP contribution < -0.4 is 9.13 Å². The van der Waals surface area contributed by atoms with Crippen LogP contribution in [0.1, 0.15) is 43.4 Å². The molecule has 6 heteroatoms. The van der Waals surface area contributed by atoms with E-state index in [0.717, 1.165) is 31.2 Å². The van der Waals surface area contributed by atoms with Crippen molar-refractivity contribution < 1.29 is 9.13 Å². The first-order valence-corrected chi connectivity index (χ1v) is 18.8. The van der Waals surface area contributed by atoms with Gasteiger partial charge in [0.05, 0.1) is 0 Å². The topological polar surface area (TPSA) is 7.76 Å². The second-order valence-corrected chi connectivity index (χ2v) is 15.3. The van der Waals surface area contributed by atoms with Crippen molar-refractivity contribution in [3.8, 4) is 0 Å². The van der Waals surface area contributed by atoms with E-state index in [1.807, 2.05) is 22.7 Å². The van der Waals surface area contributed by atoms with E-state index in [1.54, 1.807) is 0 Å². The number of fused-ring (bicyclic) bond motifs is 2. The second-order valence-electron chi connectivity index (χ2n) is 11.5. The summed E-state index contributed by atoms with van der Waals surface area (Å²) in [5.41, 5.74) is 9.42. The fourth-order valence-electron chi connectivity index (χ4n) is 5.51. The Bertz CT molecular complexity index is 2210. The number of aromatic nitrogens is 2. The van der Waals surface area contributed by atoms with Crippen LogP contribution in [0.5, 0.6) is 0 Å². The molecule has 0 amide bonds. The molecule has 0 radical (unpaired) electrons. The van der Waals surface area contributed by atoms with Gasteiger partial charge in [-0.05, 0) is 69.8 Å². The Morgan fingerprint density at radius 3 is 1.12 bits per heavy atom. The summed E-state index contributed by atoms with van der Waals surface area (Å²) in [5, 5.41) is 2.46. The lowest BCUT2D eigenvalue weighted by Gasteiger charge is -2.05. The molecule has 5 aromatic carbocycles. The van der Waals surface area contributed by atoms with Crippen LogP contribution in [0.4, 0.5) is 0 Å². The number of thiazole rings is 2. The molecule has 2 aromatic heterocycles. The molecule has 7 rings (SSSR count). The Morgan fingerprint density at radius 1 is 0.438 bits per heavy atom. The van der Waals surface area contributed by atoms with Crippen molar-refractivity contribution in [3.63, 3.8) is 0 Å². The van der Waals surface area contributed by atoms with Crippen LogP contribution in [0.25, 0.3) is 69.0 Å². The summed E-state index contributed by atoms with van der Waals surface area (Å²) < 4.78 is 9.19. The third-order valence-corrected chi connectivity index (χ3v) is 12.0. The fraction of sp³-hybridized carbons (Fsp3) is 0.0476. The first kappa shape index (κ1) is 32.4. The maximum atomic E-state index is 3.79. The highest BCUT2D eigenvalue weighted by Crippen LogP contribution is 2.29. The summed E-state index contributed by atoms with van der Waals surface area (Å²) in [4.78, 5) is 0. The number of halogens is 2. The van der Waals surface area contributed by atoms with Crippen molar-refractivity contribution in [2.45, 2.75) is 0 Å². The predicted molar refractivity (Wildman–Crippen MR) is 216 cm³/mol. The van der Waals surface area contributed by atoms with E-state index in [2.05, 4.69) is 213 Å². The average molecular weight is 789 g/mol. The van der Waals surface area contributed by atoms with Gasteiger partial charge in [-0.15, -0.1) is 0 Å². The molecule has 0 aliphatic heterocycles. The third kappa shape index (κ3) is 7.27. The Kier molecular flexibility index (Phi) is 9.78. The minimum absolute atomic E-state index is 1.05. The standard InChI is InChI=1S/C42H32Br2N2S2/c1-45-37-7-3-5-9-39(37)47-41(45)25-21-31-15-11-29(12-16-31)19-23-33-27-36(44)34(28-35(33)43)24-20-30-13-17-32(18-14-30)22-26-42-46(2)38-8-4-6-10-40(38)48-42/h3-28H,1-2H3/q+2/b23-19+,24-20+,25-21+,26-22+. The van der Waals surface area contributed by atoms with E-state index in [4.69, 9.17) is 0 Å². The van der Waals surface area contributed by atoms with Crippen molar-refractivity contribution >= 4 is 124 Å². The zero-order valence-electron chi connectivity index (χ0n) is 26.5. The summed E-state index contributed by atoms with van der Waals surface area (Å²) in [6.45, 7) is 0. The molecule has 48 heavy (non-hydrogen) atoms. The second kappa shape index (κ2) is 14.5. The summed E-state index contributed by atoms with van der Waals surface area (Å²) in [5.74, 6) is 0. The highest BCUT2D eigenvalue weighted by molar-refractivity contribution is 9.11. The molecule has 234 valence electrons. The predicted octanol–water partition coefficient (Wildman–Crippen LogP) is 12.0. The minimum atomic E-state index is 1.05. The van der Waals surface area contributed by atoms with Gasteiger partial charge in [-0.1, -0.05) is 152 Å². The molecular weight excluding hydrogens is 756 g/mol. The molecule has 0 N–H and O–H groups in total. The first-order chi connectivity index (χ1) is 23.4. The van der Waals surface area contributed by atoms with Gasteiger partial charge >= 0.3 is 0 Å². The van der Waals surface area contributed by atoms with E-state index in [9.17, 15) is 0 Å². The van der Waals surface area contributed by atoms with Crippen LogP contribution >= 0.6 is 54.5 Å². The average Bonchev–Trinajstić information content (AvgIpc) is 3.62. The van der Waals surface area contributed by atoms with Gasteiger partial charge in [0.2, 0.25) is 11.0 Å². The van der Waals surface area contributed by atoms with E-state index >= 15 is 0 Å². The number of nitrogens with zero attached hydrogens (tertiary/aromatic N) is 2. The summed E-state index contributed by atoms with van der Waals surface area (Å²) >= 11 is 11.2. The smallest absolute Gasteiger partial charge is 0.185 e. The number of aryl methyl sites for hydroxylation is 2. The Balaban J connectivity index is 0.985. The summed E-state index contributed by atoms with van der Waals surface area (Å²) in [6.07, 6.45) is 17.3. The number of hydrogen-bond acceptors (Lipinski definition) is 2. The SMILES string of the molecule is C[n+]1c(/C=C/c2ccc(/C=C/c3cc(Br)c(/C=C/c4ccc(/C=C/c5sc6ccccc6[n+]5C)cc4)cc3Br)cc2)sc2ccccc21. The third-order valence-electron chi connectivity index (χ3n) is 8.28. The fourth-order valence-corrected chi connectivity index (χ4v) is 8.60. The quantitative estimate of drug-likeness (QED) is 0.107. The lowest BCUT2D eigenvalue weighted by atomic mass is 10.1. The van der Waals surface area contributed by atoms with Gasteiger partial charge in [0.1, 0.15) is 23.5 Å². The monoisotopic (exact) mass is 786 g/mol. The molecule has 7 aromatic rings. The van der Waals surface area contributed by atoms with Crippen LogP contribution in [-0.4, -0.2) is 0 Å². The molecule has 0 saturated heterocycles. The zero-order chi connectivity index (χ0) is 33.0. The highest BCUT2D eigenvalue weighted by Gasteiger charge is 2.14. The highest BCUT2D eigenvalue weighted by atomic mass is 79.9. The molecule has 0 aliphatic carbocycles. The van der Waals surface area contributed by atoms with Crippen molar-refractivity contribution in [1.82, 2.24) is 0 Å². The normalized spacial score (nSPS) is 12.2. The van der Waals surface area contributed by atoms with Crippen LogP contribution in [0.2, 0.25) is 0 Å². The maximum absolute atomic E-state index is 3.79. The van der Waals surface area contributed by atoms with Crippen molar-refractivity contribution in [2.24, 2.45) is 14.1 Å². The van der Waals surface area contributed by atoms with Crippen LogP contribution in [0, 0.1) is 0 Å². The molecule has 0 aliphatic rings. The van der Waals surface area contributed by atoms with Gasteiger partial charge in [-0.25, -0.2) is 0 Å². The minimum Gasteiger partial charge on any atom is -0.185 e. The number of benzene rings is 5.